The summed E-state index contributed by atoms with van der Waals surface area (Å²) in [7, 11) is 0. The molecule has 1 saturated heterocycles. The summed E-state index contributed by atoms with van der Waals surface area (Å²) in [5.41, 5.74) is 0.497. The van der Waals surface area contributed by atoms with Crippen molar-refractivity contribution in [2.45, 2.75) is 51.7 Å². The fourth-order valence-corrected chi connectivity index (χ4v) is 2.81. The van der Waals surface area contributed by atoms with Crippen molar-refractivity contribution in [3.05, 3.63) is 0 Å². The Morgan fingerprint density at radius 1 is 1.15 bits per heavy atom. The van der Waals surface area contributed by atoms with Crippen LogP contribution in [0.2, 0.25) is 0 Å². The molecule has 0 aromatic rings. The SMILES string of the molecule is CC1(C)CN(C2CCCCC2O)C1. The fourth-order valence-electron chi connectivity index (χ4n) is 2.81. The highest BCUT2D eigenvalue weighted by Crippen LogP contribution is 2.35. The molecule has 0 amide bonds. The van der Waals surface area contributed by atoms with Crippen LogP contribution in [0.1, 0.15) is 39.5 Å². The summed E-state index contributed by atoms with van der Waals surface area (Å²) in [6.07, 6.45) is 4.69. The van der Waals surface area contributed by atoms with Crippen LogP contribution in [-0.4, -0.2) is 35.2 Å². The Morgan fingerprint density at radius 3 is 2.31 bits per heavy atom. The minimum atomic E-state index is -0.0511. The average Bonchev–Trinajstić information content (AvgIpc) is 2.01. The summed E-state index contributed by atoms with van der Waals surface area (Å²) in [5.74, 6) is 0. The van der Waals surface area contributed by atoms with Crippen molar-refractivity contribution in [3.63, 3.8) is 0 Å². The average molecular weight is 183 g/mol. The van der Waals surface area contributed by atoms with Gasteiger partial charge in [0.15, 0.2) is 0 Å². The van der Waals surface area contributed by atoms with E-state index in [0.717, 1.165) is 6.42 Å². The Morgan fingerprint density at radius 2 is 1.77 bits per heavy atom. The lowest BCUT2D eigenvalue weighted by atomic mass is 9.80. The molecule has 1 heterocycles. The molecule has 1 N–H and O–H groups in total. The lowest BCUT2D eigenvalue weighted by Gasteiger charge is -2.52. The minimum absolute atomic E-state index is 0.0511. The Hall–Kier alpha value is -0.0800. The summed E-state index contributed by atoms with van der Waals surface area (Å²) in [4.78, 5) is 2.46. The number of hydrogen-bond acceptors (Lipinski definition) is 2. The normalized spacial score (nSPS) is 39.9. The molecule has 1 aliphatic heterocycles. The molecule has 76 valence electrons. The van der Waals surface area contributed by atoms with Crippen molar-refractivity contribution in [1.82, 2.24) is 4.90 Å². The highest BCUT2D eigenvalue weighted by atomic mass is 16.3. The Balaban J connectivity index is 1.87. The van der Waals surface area contributed by atoms with Crippen LogP contribution in [0.5, 0.6) is 0 Å². The molecule has 0 aromatic heterocycles. The smallest absolute Gasteiger partial charge is 0.0695 e. The lowest BCUT2D eigenvalue weighted by Crippen LogP contribution is -2.60. The monoisotopic (exact) mass is 183 g/mol. The van der Waals surface area contributed by atoms with E-state index in [4.69, 9.17) is 0 Å². The van der Waals surface area contributed by atoms with Crippen molar-refractivity contribution in [2.24, 2.45) is 5.41 Å². The number of aliphatic hydroxyl groups excluding tert-OH is 1. The van der Waals surface area contributed by atoms with Crippen LogP contribution in [0.15, 0.2) is 0 Å². The molecule has 2 atom stereocenters. The second-order valence-corrected chi connectivity index (χ2v) is 5.49. The third-order valence-electron chi connectivity index (χ3n) is 3.43. The van der Waals surface area contributed by atoms with Crippen LogP contribution in [0.4, 0.5) is 0 Å². The molecule has 2 aliphatic rings. The minimum Gasteiger partial charge on any atom is -0.391 e. The van der Waals surface area contributed by atoms with Gasteiger partial charge in [0.25, 0.3) is 0 Å². The van der Waals surface area contributed by atoms with Gasteiger partial charge in [0, 0.05) is 19.1 Å². The van der Waals surface area contributed by atoms with E-state index in [1.807, 2.05) is 0 Å². The van der Waals surface area contributed by atoms with Crippen LogP contribution in [0, 0.1) is 5.41 Å². The summed E-state index contributed by atoms with van der Waals surface area (Å²) < 4.78 is 0. The standard InChI is InChI=1S/C11H21NO/c1-11(2)7-12(8-11)9-5-3-4-6-10(9)13/h9-10,13H,3-8H2,1-2H3. The fraction of sp³-hybridized carbons (Fsp3) is 1.00. The molecule has 2 unspecified atom stereocenters. The first-order valence-electron chi connectivity index (χ1n) is 5.51. The number of hydrogen-bond donors (Lipinski definition) is 1. The van der Waals surface area contributed by atoms with Gasteiger partial charge >= 0.3 is 0 Å². The van der Waals surface area contributed by atoms with Gasteiger partial charge in [0.1, 0.15) is 0 Å². The van der Waals surface area contributed by atoms with E-state index in [0.29, 0.717) is 11.5 Å². The van der Waals surface area contributed by atoms with Gasteiger partial charge in [-0.25, -0.2) is 0 Å². The van der Waals surface area contributed by atoms with Crippen LogP contribution < -0.4 is 0 Å². The van der Waals surface area contributed by atoms with Gasteiger partial charge in [-0.1, -0.05) is 26.7 Å². The van der Waals surface area contributed by atoms with Gasteiger partial charge in [0.2, 0.25) is 0 Å². The van der Waals surface area contributed by atoms with Gasteiger partial charge in [0.05, 0.1) is 6.10 Å². The van der Waals surface area contributed by atoms with Crippen LogP contribution in [-0.2, 0) is 0 Å². The van der Waals surface area contributed by atoms with Crippen molar-refractivity contribution in [2.75, 3.05) is 13.1 Å². The van der Waals surface area contributed by atoms with E-state index in [-0.39, 0.29) is 6.10 Å². The maximum atomic E-state index is 9.83. The number of aliphatic hydroxyl groups is 1. The van der Waals surface area contributed by atoms with E-state index in [2.05, 4.69) is 18.7 Å². The third-order valence-corrected chi connectivity index (χ3v) is 3.43. The number of nitrogens with zero attached hydrogens (tertiary/aromatic N) is 1. The Labute approximate surface area is 80.9 Å². The van der Waals surface area contributed by atoms with Crippen molar-refractivity contribution < 1.29 is 5.11 Å². The first-order chi connectivity index (χ1) is 6.08. The Kier molecular flexibility index (Phi) is 2.37. The number of rotatable bonds is 1. The van der Waals surface area contributed by atoms with Crippen molar-refractivity contribution in [1.29, 1.82) is 0 Å². The zero-order chi connectivity index (χ0) is 9.47. The first kappa shape index (κ1) is 9.47. The van der Waals surface area contributed by atoms with E-state index in [1.165, 1.54) is 32.4 Å². The van der Waals surface area contributed by atoms with Gasteiger partial charge in [-0.15, -0.1) is 0 Å². The predicted octanol–water partition coefficient (Wildman–Crippen LogP) is 1.63. The molecule has 1 saturated carbocycles. The zero-order valence-electron chi connectivity index (χ0n) is 8.79. The number of likely N-dealkylation sites (tertiary alicyclic amines) is 1. The molecule has 0 spiro atoms. The van der Waals surface area contributed by atoms with Gasteiger partial charge in [-0.05, 0) is 18.3 Å². The molecule has 2 heteroatoms. The second kappa shape index (κ2) is 3.25. The maximum absolute atomic E-state index is 9.83. The molecule has 2 fully saturated rings. The van der Waals surface area contributed by atoms with Gasteiger partial charge in [-0.3, -0.25) is 4.90 Å². The van der Waals surface area contributed by atoms with Crippen LogP contribution in [0.25, 0.3) is 0 Å². The predicted molar refractivity (Wildman–Crippen MR) is 53.6 cm³/mol. The zero-order valence-corrected chi connectivity index (χ0v) is 8.79. The molecule has 0 aromatic carbocycles. The van der Waals surface area contributed by atoms with Crippen LogP contribution >= 0.6 is 0 Å². The highest BCUT2D eigenvalue weighted by Gasteiger charge is 2.40. The molecule has 13 heavy (non-hydrogen) atoms. The quantitative estimate of drug-likeness (QED) is 0.668. The van der Waals surface area contributed by atoms with Crippen molar-refractivity contribution >= 4 is 0 Å². The topological polar surface area (TPSA) is 23.5 Å². The summed E-state index contributed by atoms with van der Waals surface area (Å²) in [5, 5.41) is 9.83. The second-order valence-electron chi connectivity index (χ2n) is 5.49. The lowest BCUT2D eigenvalue weighted by molar-refractivity contribution is -0.0668. The van der Waals surface area contributed by atoms with Crippen molar-refractivity contribution in [3.8, 4) is 0 Å². The van der Waals surface area contributed by atoms with E-state index in [1.54, 1.807) is 0 Å². The molecule has 1 aliphatic carbocycles. The van der Waals surface area contributed by atoms with Crippen LogP contribution in [0.3, 0.4) is 0 Å². The van der Waals surface area contributed by atoms with E-state index in [9.17, 15) is 5.11 Å². The van der Waals surface area contributed by atoms with E-state index < -0.39 is 0 Å². The molecule has 2 nitrogen and oxygen atoms in total. The molecular formula is C11H21NO. The summed E-state index contributed by atoms with van der Waals surface area (Å²) in [6, 6.07) is 0.474. The third kappa shape index (κ3) is 1.89. The van der Waals surface area contributed by atoms with Gasteiger partial charge in [-0.2, -0.15) is 0 Å². The molecule has 2 rings (SSSR count). The molecule has 0 bridgehead atoms. The maximum Gasteiger partial charge on any atom is 0.0695 e. The molecular weight excluding hydrogens is 162 g/mol. The summed E-state index contributed by atoms with van der Waals surface area (Å²) >= 11 is 0. The largest absolute Gasteiger partial charge is 0.391 e. The molecule has 0 radical (unpaired) electrons. The van der Waals surface area contributed by atoms with E-state index >= 15 is 0 Å². The van der Waals surface area contributed by atoms with Gasteiger partial charge < -0.3 is 5.11 Å². The summed E-state index contributed by atoms with van der Waals surface area (Å²) in [6.45, 7) is 6.96. The highest BCUT2D eigenvalue weighted by molar-refractivity contribution is 4.95. The Bertz CT molecular complexity index is 183. The first-order valence-corrected chi connectivity index (χ1v) is 5.51.